The summed E-state index contributed by atoms with van der Waals surface area (Å²) < 4.78 is 28.9. The normalized spacial score (nSPS) is 17.3. The first-order chi connectivity index (χ1) is 13.5. The average Bonchev–Trinajstić information content (AvgIpc) is 3.02. The van der Waals surface area contributed by atoms with Gasteiger partial charge in [-0.3, -0.25) is 9.69 Å². The van der Waals surface area contributed by atoms with Gasteiger partial charge in [-0.1, -0.05) is 12.3 Å². The lowest BCUT2D eigenvalue weighted by atomic mass is 10.0. The summed E-state index contributed by atoms with van der Waals surface area (Å²) in [5, 5.41) is 3.41. The van der Waals surface area contributed by atoms with Crippen LogP contribution in [0.15, 0.2) is 24.3 Å². The minimum atomic E-state index is -2.86. The van der Waals surface area contributed by atoms with Crippen molar-refractivity contribution in [1.82, 2.24) is 9.88 Å². The second-order valence-corrected chi connectivity index (χ2v) is 7.71. The molecule has 1 saturated heterocycles. The molecule has 0 bridgehead atoms. The van der Waals surface area contributed by atoms with Crippen LogP contribution in [0.4, 0.5) is 13.9 Å². The highest BCUT2D eigenvalue weighted by Gasteiger charge is 2.28. The lowest BCUT2D eigenvalue weighted by Crippen LogP contribution is -2.47. The Labute approximate surface area is 166 Å². The highest BCUT2D eigenvalue weighted by atomic mass is 32.1. The molecule has 0 spiro atoms. The van der Waals surface area contributed by atoms with Gasteiger partial charge in [-0.25, -0.2) is 4.98 Å². The van der Waals surface area contributed by atoms with Crippen molar-refractivity contribution in [2.24, 2.45) is 0 Å². The number of likely N-dealkylation sites (tertiary alicyclic amines) is 1. The first-order valence-electron chi connectivity index (χ1n) is 8.99. The molecule has 148 valence electrons. The van der Waals surface area contributed by atoms with Gasteiger partial charge in [0.15, 0.2) is 5.13 Å². The summed E-state index contributed by atoms with van der Waals surface area (Å²) >= 11 is 1.38. The van der Waals surface area contributed by atoms with Gasteiger partial charge in [0.05, 0.1) is 18.3 Å². The molecule has 2 aromatic rings. The molecule has 1 unspecified atom stereocenters. The van der Waals surface area contributed by atoms with E-state index in [1.807, 2.05) is 11.8 Å². The zero-order valence-electron chi connectivity index (χ0n) is 15.5. The predicted octanol–water partition coefficient (Wildman–Crippen LogP) is 4.15. The Balaban J connectivity index is 1.71. The number of nitrogens with zero attached hydrogens (tertiary/aromatic N) is 2. The molecule has 8 heteroatoms. The summed E-state index contributed by atoms with van der Waals surface area (Å²) in [6.07, 6.45) is 8.22. The van der Waals surface area contributed by atoms with E-state index in [0.717, 1.165) is 36.2 Å². The number of nitrogens with one attached hydrogen (secondary N) is 1. The number of piperidine rings is 1. The minimum absolute atomic E-state index is 0.0889. The lowest BCUT2D eigenvalue weighted by molar-refractivity contribution is -0.122. The number of ether oxygens (including phenoxy) is 1. The van der Waals surface area contributed by atoms with Crippen LogP contribution >= 0.6 is 11.3 Å². The number of anilines is 1. The molecule has 1 aromatic carbocycles. The molecule has 28 heavy (non-hydrogen) atoms. The van der Waals surface area contributed by atoms with E-state index < -0.39 is 6.61 Å². The zero-order valence-corrected chi connectivity index (χ0v) is 16.3. The number of rotatable bonds is 6. The van der Waals surface area contributed by atoms with Gasteiger partial charge in [0, 0.05) is 10.4 Å². The molecule has 0 aliphatic carbocycles. The van der Waals surface area contributed by atoms with Gasteiger partial charge in [-0.15, -0.1) is 17.8 Å². The predicted molar refractivity (Wildman–Crippen MR) is 106 cm³/mol. The Kier molecular flexibility index (Phi) is 6.60. The third-order valence-corrected chi connectivity index (χ3v) is 5.48. The van der Waals surface area contributed by atoms with E-state index in [4.69, 9.17) is 6.42 Å². The molecule has 5 nitrogen and oxygen atoms in total. The van der Waals surface area contributed by atoms with Crippen LogP contribution in [0.1, 0.15) is 24.1 Å². The average molecular weight is 405 g/mol. The first kappa shape index (κ1) is 20.2. The Hall–Kier alpha value is -2.50. The van der Waals surface area contributed by atoms with Crippen molar-refractivity contribution < 1.29 is 18.3 Å². The fourth-order valence-corrected chi connectivity index (χ4v) is 4.13. The van der Waals surface area contributed by atoms with Crippen molar-refractivity contribution in [3.63, 3.8) is 0 Å². The molecule has 1 atom stereocenters. The number of halogens is 2. The fraction of sp³-hybridized carbons (Fsp3) is 0.400. The van der Waals surface area contributed by atoms with E-state index >= 15 is 0 Å². The van der Waals surface area contributed by atoms with Crippen molar-refractivity contribution in [3.05, 3.63) is 29.1 Å². The van der Waals surface area contributed by atoms with E-state index in [9.17, 15) is 13.6 Å². The maximum Gasteiger partial charge on any atom is 0.387 e. The number of terminal acetylenes is 1. The standard InChI is InChI=1S/C20H21F2N3O2S/c1-3-11-25-12-5-4-6-16(25)18(26)24-20-23-17(13(2)28-20)14-7-9-15(10-8-14)27-19(21)22/h1,7-10,16,19H,4-6,11-12H2,2H3,(H,23,24,26). The highest BCUT2D eigenvalue weighted by Crippen LogP contribution is 2.32. The number of thiazole rings is 1. The smallest absolute Gasteiger partial charge is 0.387 e. The van der Waals surface area contributed by atoms with Crippen LogP contribution in [0.25, 0.3) is 11.3 Å². The van der Waals surface area contributed by atoms with Gasteiger partial charge in [-0.2, -0.15) is 8.78 Å². The van der Waals surface area contributed by atoms with Crippen LogP contribution in [0, 0.1) is 19.3 Å². The first-order valence-corrected chi connectivity index (χ1v) is 9.80. The van der Waals surface area contributed by atoms with Crippen molar-refractivity contribution in [2.45, 2.75) is 38.8 Å². The minimum Gasteiger partial charge on any atom is -0.435 e. The molecule has 1 amide bonds. The number of amides is 1. The summed E-state index contributed by atoms with van der Waals surface area (Å²) in [7, 11) is 0. The summed E-state index contributed by atoms with van der Waals surface area (Å²) in [5.74, 6) is 2.60. The maximum atomic E-state index is 12.7. The van der Waals surface area contributed by atoms with E-state index in [1.54, 1.807) is 12.1 Å². The molecule has 1 fully saturated rings. The van der Waals surface area contributed by atoms with E-state index in [1.165, 1.54) is 23.5 Å². The van der Waals surface area contributed by atoms with Crippen molar-refractivity contribution in [3.8, 4) is 29.4 Å². The quantitative estimate of drug-likeness (QED) is 0.734. The second kappa shape index (κ2) is 9.13. The van der Waals surface area contributed by atoms with Crippen molar-refractivity contribution in [1.29, 1.82) is 0 Å². The van der Waals surface area contributed by atoms with Crippen molar-refractivity contribution in [2.75, 3.05) is 18.4 Å². The monoisotopic (exact) mass is 405 g/mol. The Bertz CT molecular complexity index is 861. The van der Waals surface area contributed by atoms with Gasteiger partial charge in [0.25, 0.3) is 0 Å². The Morgan fingerprint density at radius 3 is 2.86 bits per heavy atom. The summed E-state index contributed by atoms with van der Waals surface area (Å²) in [5.41, 5.74) is 1.47. The molecule has 3 rings (SSSR count). The van der Waals surface area contributed by atoms with Crippen molar-refractivity contribution >= 4 is 22.4 Å². The molecule has 1 aliphatic rings. The van der Waals surface area contributed by atoms with Crippen LogP contribution in [-0.2, 0) is 4.79 Å². The molecule has 0 saturated carbocycles. The number of hydrogen-bond donors (Lipinski definition) is 1. The molecule has 2 heterocycles. The van der Waals surface area contributed by atoms with Crippen LogP contribution < -0.4 is 10.1 Å². The van der Waals surface area contributed by atoms with Gasteiger partial charge in [0.2, 0.25) is 5.91 Å². The van der Waals surface area contributed by atoms with Crippen LogP contribution in [0.5, 0.6) is 5.75 Å². The summed E-state index contributed by atoms with van der Waals surface area (Å²) in [6, 6.07) is 6.03. The summed E-state index contributed by atoms with van der Waals surface area (Å²) in [6.45, 7) is 0.310. The topological polar surface area (TPSA) is 54.5 Å². The lowest BCUT2D eigenvalue weighted by Gasteiger charge is -2.32. The zero-order chi connectivity index (χ0) is 20.1. The number of hydrogen-bond acceptors (Lipinski definition) is 5. The van der Waals surface area contributed by atoms with Crippen LogP contribution in [-0.4, -0.2) is 41.5 Å². The van der Waals surface area contributed by atoms with E-state index in [2.05, 4.69) is 21.0 Å². The molecule has 1 N–H and O–H groups in total. The maximum absolute atomic E-state index is 12.7. The van der Waals surface area contributed by atoms with E-state index in [-0.39, 0.29) is 17.7 Å². The van der Waals surface area contributed by atoms with Gasteiger partial charge in [-0.05, 0) is 50.6 Å². The largest absolute Gasteiger partial charge is 0.435 e. The Morgan fingerprint density at radius 1 is 1.43 bits per heavy atom. The summed E-state index contributed by atoms with van der Waals surface area (Å²) in [4.78, 5) is 20.2. The number of aromatic nitrogens is 1. The van der Waals surface area contributed by atoms with Gasteiger partial charge in [0.1, 0.15) is 5.75 Å². The number of benzene rings is 1. The number of carbonyl (C=O) groups is 1. The van der Waals surface area contributed by atoms with Crippen LogP contribution in [0.3, 0.4) is 0 Å². The molecular weight excluding hydrogens is 384 g/mol. The van der Waals surface area contributed by atoms with Crippen LogP contribution in [0.2, 0.25) is 0 Å². The second-order valence-electron chi connectivity index (χ2n) is 6.50. The molecule has 0 radical (unpaired) electrons. The Morgan fingerprint density at radius 2 is 2.18 bits per heavy atom. The molecular formula is C20H21F2N3O2S. The van der Waals surface area contributed by atoms with Gasteiger partial charge >= 0.3 is 6.61 Å². The fourth-order valence-electron chi connectivity index (χ4n) is 3.30. The SMILES string of the molecule is C#CCN1CCCCC1C(=O)Nc1nc(-c2ccc(OC(F)F)cc2)c(C)s1. The highest BCUT2D eigenvalue weighted by molar-refractivity contribution is 7.16. The van der Waals surface area contributed by atoms with E-state index in [0.29, 0.717) is 17.4 Å². The number of alkyl halides is 2. The third-order valence-electron chi connectivity index (χ3n) is 4.59. The van der Waals surface area contributed by atoms with Gasteiger partial charge < -0.3 is 10.1 Å². The third kappa shape index (κ3) is 4.86. The number of aryl methyl sites for hydroxylation is 1. The molecule has 1 aromatic heterocycles. The molecule has 1 aliphatic heterocycles. The number of carbonyl (C=O) groups excluding carboxylic acids is 1.